The molecule has 0 fully saturated rings. The highest BCUT2D eigenvalue weighted by atomic mass is 28.4. The highest BCUT2D eigenvalue weighted by Gasteiger charge is 2.39. The topological polar surface area (TPSA) is 103 Å². The Morgan fingerprint density at radius 1 is 0.967 bits per heavy atom. The van der Waals surface area contributed by atoms with Crippen molar-refractivity contribution in [1.29, 1.82) is 0 Å². The number of amides is 3. The van der Waals surface area contributed by atoms with Gasteiger partial charge in [0.25, 0.3) is 11.8 Å². The first-order valence-electron chi connectivity index (χ1n) is 10.3. The van der Waals surface area contributed by atoms with E-state index in [0.29, 0.717) is 50.0 Å². The Kier molecular flexibility index (Phi) is 9.44. The van der Waals surface area contributed by atoms with Crippen LogP contribution >= 0.6 is 0 Å². The third-order valence-electron chi connectivity index (χ3n) is 4.45. The number of hydrogen-bond donors (Lipinski definition) is 1. The lowest BCUT2D eigenvalue weighted by molar-refractivity contribution is 0.0604. The van der Waals surface area contributed by atoms with Crippen molar-refractivity contribution in [3.8, 4) is 0 Å². The number of carbonyl (C=O) groups excluding carboxylic acids is 3. The average Bonchev–Trinajstić information content (AvgIpc) is 2.97. The van der Waals surface area contributed by atoms with Crippen molar-refractivity contribution in [1.82, 2.24) is 10.2 Å². The molecule has 0 saturated heterocycles. The van der Waals surface area contributed by atoms with E-state index < -0.39 is 14.9 Å². The van der Waals surface area contributed by atoms with E-state index in [-0.39, 0.29) is 25.0 Å². The number of ether oxygens (including phenoxy) is 1. The SMILES string of the molecule is CCO[Si](CCCNC(=O)OCCN1C(=O)c2ccccc2C1=O)(OCC)OCC. The first-order chi connectivity index (χ1) is 14.5. The second kappa shape index (κ2) is 11.8. The number of benzene rings is 1. The van der Waals surface area contributed by atoms with Gasteiger partial charge in [0.05, 0.1) is 17.7 Å². The average molecular weight is 439 g/mol. The Morgan fingerprint density at radius 3 is 2.00 bits per heavy atom. The van der Waals surface area contributed by atoms with Crippen molar-refractivity contribution >= 4 is 26.7 Å². The Hall–Kier alpha value is -2.27. The van der Waals surface area contributed by atoms with Gasteiger partial charge in [0.2, 0.25) is 0 Å². The van der Waals surface area contributed by atoms with Gasteiger partial charge in [0.15, 0.2) is 0 Å². The number of imide groups is 1. The molecule has 1 N–H and O–H groups in total. The minimum atomic E-state index is -2.73. The lowest BCUT2D eigenvalue weighted by Crippen LogP contribution is -2.46. The van der Waals surface area contributed by atoms with Crippen LogP contribution in [0.4, 0.5) is 4.79 Å². The smallest absolute Gasteiger partial charge is 0.448 e. The highest BCUT2D eigenvalue weighted by Crippen LogP contribution is 2.22. The summed E-state index contributed by atoms with van der Waals surface area (Å²) in [6.45, 7) is 7.48. The molecule has 1 aromatic rings. The maximum Gasteiger partial charge on any atom is 0.500 e. The van der Waals surface area contributed by atoms with Crippen molar-refractivity contribution in [3.63, 3.8) is 0 Å². The van der Waals surface area contributed by atoms with Crippen LogP contribution in [0.5, 0.6) is 0 Å². The van der Waals surface area contributed by atoms with E-state index in [1.54, 1.807) is 24.3 Å². The summed E-state index contributed by atoms with van der Waals surface area (Å²) >= 11 is 0. The van der Waals surface area contributed by atoms with Gasteiger partial charge in [-0.15, -0.1) is 0 Å². The quantitative estimate of drug-likeness (QED) is 0.287. The number of hydrogen-bond acceptors (Lipinski definition) is 7. The van der Waals surface area contributed by atoms with Crippen LogP contribution < -0.4 is 5.32 Å². The zero-order valence-corrected chi connectivity index (χ0v) is 18.8. The molecular formula is C20H30N2O7Si. The minimum absolute atomic E-state index is 0.00874. The van der Waals surface area contributed by atoms with E-state index in [0.717, 1.165) is 4.90 Å². The number of nitrogens with zero attached hydrogens (tertiary/aromatic N) is 1. The first kappa shape index (κ1) is 24.0. The molecule has 0 radical (unpaired) electrons. The lowest BCUT2D eigenvalue weighted by atomic mass is 10.1. The van der Waals surface area contributed by atoms with Crippen molar-refractivity contribution < 1.29 is 32.4 Å². The molecule has 0 spiro atoms. The maximum absolute atomic E-state index is 12.3. The van der Waals surface area contributed by atoms with Crippen LogP contribution in [0.2, 0.25) is 6.04 Å². The summed E-state index contributed by atoms with van der Waals surface area (Å²) in [5.74, 6) is -0.743. The van der Waals surface area contributed by atoms with E-state index >= 15 is 0 Å². The molecule has 0 atom stereocenters. The molecule has 3 amide bonds. The molecule has 0 aromatic heterocycles. The standard InChI is InChI=1S/C20H30N2O7Si/c1-4-27-30(28-5-2,29-6-3)15-9-12-21-20(25)26-14-13-22-18(23)16-10-7-8-11-17(16)19(22)24/h7-8,10-11H,4-6,9,12-15H2,1-3H3,(H,21,25). The number of rotatable bonds is 13. The summed E-state index contributed by atoms with van der Waals surface area (Å²) in [6, 6.07) is 7.21. The number of nitrogens with one attached hydrogen (secondary N) is 1. The second-order valence-corrected chi connectivity index (χ2v) is 9.19. The molecule has 0 unspecified atom stereocenters. The molecule has 1 aromatic carbocycles. The highest BCUT2D eigenvalue weighted by molar-refractivity contribution is 6.60. The molecule has 0 aliphatic carbocycles. The molecule has 2 rings (SSSR count). The van der Waals surface area contributed by atoms with Gasteiger partial charge in [0.1, 0.15) is 6.61 Å². The zero-order valence-electron chi connectivity index (χ0n) is 17.8. The molecule has 1 aliphatic rings. The largest absolute Gasteiger partial charge is 0.500 e. The van der Waals surface area contributed by atoms with Gasteiger partial charge < -0.3 is 23.3 Å². The number of alkyl carbamates (subject to hydrolysis) is 1. The predicted molar refractivity (Wildman–Crippen MR) is 111 cm³/mol. The van der Waals surface area contributed by atoms with E-state index in [9.17, 15) is 14.4 Å². The molecule has 30 heavy (non-hydrogen) atoms. The third-order valence-corrected chi connectivity index (χ3v) is 7.60. The molecule has 1 aliphatic heterocycles. The van der Waals surface area contributed by atoms with Crippen LogP contribution in [0.1, 0.15) is 47.9 Å². The Balaban J connectivity index is 1.70. The van der Waals surface area contributed by atoms with Gasteiger partial charge in [0, 0.05) is 32.4 Å². The van der Waals surface area contributed by atoms with Crippen molar-refractivity contribution in [2.45, 2.75) is 33.2 Å². The fraction of sp³-hybridized carbons (Fsp3) is 0.550. The minimum Gasteiger partial charge on any atom is -0.448 e. The van der Waals surface area contributed by atoms with Crippen LogP contribution in [0.3, 0.4) is 0 Å². The first-order valence-corrected chi connectivity index (χ1v) is 12.2. The molecular weight excluding hydrogens is 408 g/mol. The summed E-state index contributed by atoms with van der Waals surface area (Å²) in [5, 5.41) is 2.65. The Bertz CT molecular complexity index is 692. The summed E-state index contributed by atoms with van der Waals surface area (Å²) in [4.78, 5) is 37.5. The lowest BCUT2D eigenvalue weighted by Gasteiger charge is -2.28. The summed E-state index contributed by atoms with van der Waals surface area (Å²) in [7, 11) is -2.73. The van der Waals surface area contributed by atoms with E-state index in [2.05, 4.69) is 5.32 Å². The Labute approximate surface area is 178 Å². The normalized spacial score (nSPS) is 13.5. The molecule has 10 heteroatoms. The van der Waals surface area contributed by atoms with Crippen LogP contribution in [-0.2, 0) is 18.0 Å². The van der Waals surface area contributed by atoms with Gasteiger partial charge in [-0.1, -0.05) is 12.1 Å². The zero-order chi connectivity index (χ0) is 22.0. The van der Waals surface area contributed by atoms with E-state index in [4.69, 9.17) is 18.0 Å². The van der Waals surface area contributed by atoms with Crippen LogP contribution in [0, 0.1) is 0 Å². The third kappa shape index (κ3) is 6.11. The fourth-order valence-corrected chi connectivity index (χ4v) is 5.83. The summed E-state index contributed by atoms with van der Waals surface area (Å²) in [6.07, 6.45) is 0.00261. The monoisotopic (exact) mass is 438 g/mol. The van der Waals surface area contributed by atoms with Gasteiger partial charge in [-0.25, -0.2) is 4.79 Å². The van der Waals surface area contributed by atoms with Gasteiger partial charge >= 0.3 is 14.9 Å². The molecule has 9 nitrogen and oxygen atoms in total. The molecule has 166 valence electrons. The number of carbonyl (C=O) groups is 3. The predicted octanol–water partition coefficient (Wildman–Crippen LogP) is 2.45. The second-order valence-electron chi connectivity index (χ2n) is 6.46. The maximum atomic E-state index is 12.3. The Morgan fingerprint density at radius 2 is 1.50 bits per heavy atom. The van der Waals surface area contributed by atoms with Crippen LogP contribution in [-0.4, -0.2) is 71.1 Å². The van der Waals surface area contributed by atoms with E-state index in [1.807, 2.05) is 20.8 Å². The molecule has 0 saturated carbocycles. The fourth-order valence-electron chi connectivity index (χ4n) is 3.22. The van der Waals surface area contributed by atoms with Crippen LogP contribution in [0.25, 0.3) is 0 Å². The summed E-state index contributed by atoms with van der Waals surface area (Å²) in [5.41, 5.74) is 0.745. The van der Waals surface area contributed by atoms with Crippen molar-refractivity contribution in [3.05, 3.63) is 35.4 Å². The van der Waals surface area contributed by atoms with Crippen molar-refractivity contribution in [2.24, 2.45) is 0 Å². The molecule has 1 heterocycles. The van der Waals surface area contributed by atoms with Crippen molar-refractivity contribution in [2.75, 3.05) is 39.5 Å². The molecule has 0 bridgehead atoms. The van der Waals surface area contributed by atoms with Crippen LogP contribution in [0.15, 0.2) is 24.3 Å². The summed E-state index contributed by atoms with van der Waals surface area (Å²) < 4.78 is 22.4. The number of fused-ring (bicyclic) bond motifs is 1. The van der Waals surface area contributed by atoms with Gasteiger partial charge in [-0.3, -0.25) is 14.5 Å². The van der Waals surface area contributed by atoms with Gasteiger partial charge in [-0.2, -0.15) is 0 Å². The van der Waals surface area contributed by atoms with E-state index in [1.165, 1.54) is 0 Å². The van der Waals surface area contributed by atoms with Gasteiger partial charge in [-0.05, 0) is 39.3 Å².